The van der Waals surface area contributed by atoms with Crippen LogP contribution in [0.5, 0.6) is 5.75 Å². The summed E-state index contributed by atoms with van der Waals surface area (Å²) in [4.78, 5) is 17.3. The van der Waals surface area contributed by atoms with Gasteiger partial charge in [-0.1, -0.05) is 19.1 Å². The van der Waals surface area contributed by atoms with Gasteiger partial charge < -0.3 is 10.1 Å². The molecule has 1 amide bonds. The van der Waals surface area contributed by atoms with E-state index in [0.717, 1.165) is 5.69 Å². The van der Waals surface area contributed by atoms with Crippen molar-refractivity contribution in [1.29, 1.82) is 0 Å². The molecule has 0 atom stereocenters. The first kappa shape index (κ1) is 23.1. The normalized spacial score (nSPS) is 16.6. The number of hydrogen-bond acceptors (Lipinski definition) is 5. The third kappa shape index (κ3) is 5.04. The number of methoxy groups -OCH3 is 1. The number of rotatable bonds is 8. The molecule has 0 aliphatic carbocycles. The molecular formula is C22H28FN3O4S. The number of aromatic nitrogens is 1. The predicted molar refractivity (Wildman–Crippen MR) is 116 cm³/mol. The second-order valence-corrected chi connectivity index (χ2v) is 9.80. The molecule has 0 saturated carbocycles. The highest BCUT2D eigenvalue weighted by Gasteiger charge is 2.40. The number of ether oxygens (including phenoxy) is 1. The number of amides is 1. The van der Waals surface area contributed by atoms with E-state index >= 15 is 0 Å². The molecule has 2 aromatic rings. The van der Waals surface area contributed by atoms with Crippen LogP contribution in [0.25, 0.3) is 0 Å². The van der Waals surface area contributed by atoms with Crippen molar-refractivity contribution in [2.75, 3.05) is 32.5 Å². The molecule has 7 nitrogen and oxygen atoms in total. The summed E-state index contributed by atoms with van der Waals surface area (Å²) in [5, 5.41) is 2.84. The molecule has 1 aliphatic rings. The van der Waals surface area contributed by atoms with Crippen molar-refractivity contribution in [3.8, 4) is 5.75 Å². The molecule has 1 fully saturated rings. The number of carbonyl (C=O) groups is 1. The summed E-state index contributed by atoms with van der Waals surface area (Å²) in [6, 6.07) is 9.78. The van der Waals surface area contributed by atoms with Gasteiger partial charge in [0.1, 0.15) is 17.1 Å². The van der Waals surface area contributed by atoms with Crippen LogP contribution in [-0.2, 0) is 15.4 Å². The first-order valence-electron chi connectivity index (χ1n) is 10.3. The largest absolute Gasteiger partial charge is 0.496 e. The maximum Gasteiger partial charge on any atom is 0.258 e. The number of carbonyl (C=O) groups excluding carboxylic acids is 1. The van der Waals surface area contributed by atoms with Crippen LogP contribution < -0.4 is 10.1 Å². The van der Waals surface area contributed by atoms with Crippen molar-refractivity contribution in [2.45, 2.75) is 31.6 Å². The van der Waals surface area contributed by atoms with E-state index in [9.17, 15) is 17.6 Å². The molecule has 1 aliphatic heterocycles. The van der Waals surface area contributed by atoms with E-state index in [2.05, 4.69) is 10.3 Å². The SMILES string of the molecule is CCCS(=O)(=O)N1CCC(CNC(=O)c2c(F)cccc2OC)(c2ccccn2)CC1. The molecule has 0 bridgehead atoms. The molecule has 0 spiro atoms. The number of hydrogen-bond donors (Lipinski definition) is 1. The molecule has 0 unspecified atom stereocenters. The highest BCUT2D eigenvalue weighted by molar-refractivity contribution is 7.89. The minimum Gasteiger partial charge on any atom is -0.496 e. The van der Waals surface area contributed by atoms with Crippen LogP contribution in [0.3, 0.4) is 0 Å². The summed E-state index contributed by atoms with van der Waals surface area (Å²) in [5.41, 5.74) is 0.0839. The van der Waals surface area contributed by atoms with Gasteiger partial charge in [-0.25, -0.2) is 17.1 Å². The van der Waals surface area contributed by atoms with E-state index in [1.165, 1.54) is 29.6 Å². The van der Waals surface area contributed by atoms with Gasteiger partial charge in [-0.2, -0.15) is 0 Å². The molecule has 168 valence electrons. The Bertz CT molecular complexity index is 1010. The van der Waals surface area contributed by atoms with Crippen LogP contribution in [-0.4, -0.2) is 56.1 Å². The minimum atomic E-state index is -3.30. The molecule has 3 rings (SSSR count). The lowest BCUT2D eigenvalue weighted by atomic mass is 9.75. The fourth-order valence-corrected chi connectivity index (χ4v) is 5.53. The Labute approximate surface area is 182 Å². The van der Waals surface area contributed by atoms with Crippen LogP contribution in [0.1, 0.15) is 42.2 Å². The van der Waals surface area contributed by atoms with Gasteiger partial charge in [0.15, 0.2) is 0 Å². The first-order chi connectivity index (χ1) is 14.8. The topological polar surface area (TPSA) is 88.6 Å². The Morgan fingerprint density at radius 1 is 1.23 bits per heavy atom. The molecule has 31 heavy (non-hydrogen) atoms. The second-order valence-electron chi connectivity index (χ2n) is 7.71. The molecule has 1 aromatic heterocycles. The van der Waals surface area contributed by atoms with E-state index in [1.807, 2.05) is 19.1 Å². The van der Waals surface area contributed by atoms with Gasteiger partial charge in [0.05, 0.1) is 12.9 Å². The lowest BCUT2D eigenvalue weighted by Crippen LogP contribution is -2.51. The van der Waals surface area contributed by atoms with Crippen molar-refractivity contribution in [2.24, 2.45) is 0 Å². The third-order valence-electron chi connectivity index (χ3n) is 5.75. The Morgan fingerprint density at radius 2 is 1.97 bits per heavy atom. The zero-order chi connectivity index (χ0) is 22.5. The minimum absolute atomic E-state index is 0.118. The number of piperidine rings is 1. The zero-order valence-corrected chi connectivity index (χ0v) is 18.6. The van der Waals surface area contributed by atoms with Crippen LogP contribution >= 0.6 is 0 Å². The summed E-state index contributed by atoms with van der Waals surface area (Å²) >= 11 is 0. The molecule has 9 heteroatoms. The molecular weight excluding hydrogens is 421 g/mol. The predicted octanol–water partition coefficient (Wildman–Crippen LogP) is 2.73. The van der Waals surface area contributed by atoms with Crippen molar-refractivity contribution in [3.63, 3.8) is 0 Å². The lowest BCUT2D eigenvalue weighted by molar-refractivity contribution is 0.0924. The average molecular weight is 450 g/mol. The Balaban J connectivity index is 1.82. The molecule has 0 radical (unpaired) electrons. The van der Waals surface area contributed by atoms with E-state index in [-0.39, 0.29) is 23.6 Å². The van der Waals surface area contributed by atoms with Crippen molar-refractivity contribution < 1.29 is 22.3 Å². The van der Waals surface area contributed by atoms with Gasteiger partial charge in [0.25, 0.3) is 5.91 Å². The van der Waals surface area contributed by atoms with Crippen LogP contribution in [0.4, 0.5) is 4.39 Å². The van der Waals surface area contributed by atoms with E-state index in [0.29, 0.717) is 32.4 Å². The van der Waals surface area contributed by atoms with Gasteiger partial charge in [-0.3, -0.25) is 9.78 Å². The van der Waals surface area contributed by atoms with Gasteiger partial charge >= 0.3 is 0 Å². The zero-order valence-electron chi connectivity index (χ0n) is 17.8. The van der Waals surface area contributed by atoms with E-state index < -0.39 is 27.2 Å². The van der Waals surface area contributed by atoms with Crippen LogP contribution in [0, 0.1) is 5.82 Å². The lowest BCUT2D eigenvalue weighted by Gasteiger charge is -2.41. The first-order valence-corrected chi connectivity index (χ1v) is 11.9. The number of pyridine rings is 1. The highest BCUT2D eigenvalue weighted by atomic mass is 32.2. The van der Waals surface area contributed by atoms with E-state index in [4.69, 9.17) is 4.74 Å². The van der Waals surface area contributed by atoms with Crippen molar-refractivity contribution in [3.05, 3.63) is 59.7 Å². The summed E-state index contributed by atoms with van der Waals surface area (Å²) in [7, 11) is -1.91. The summed E-state index contributed by atoms with van der Waals surface area (Å²) in [6.07, 6.45) is 3.24. The van der Waals surface area contributed by atoms with Gasteiger partial charge in [-0.05, 0) is 43.5 Å². The van der Waals surface area contributed by atoms with Crippen LogP contribution in [0.2, 0.25) is 0 Å². The third-order valence-corrected chi connectivity index (χ3v) is 7.83. The van der Waals surface area contributed by atoms with Gasteiger partial charge in [-0.15, -0.1) is 0 Å². The Morgan fingerprint density at radius 3 is 2.58 bits per heavy atom. The number of benzene rings is 1. The second kappa shape index (κ2) is 9.74. The smallest absolute Gasteiger partial charge is 0.258 e. The fourth-order valence-electron chi connectivity index (χ4n) is 4.01. The maximum atomic E-state index is 14.3. The van der Waals surface area contributed by atoms with E-state index in [1.54, 1.807) is 12.3 Å². The Hall–Kier alpha value is -2.52. The summed E-state index contributed by atoms with van der Waals surface area (Å²) < 4.78 is 45.9. The van der Waals surface area contributed by atoms with Crippen LogP contribution in [0.15, 0.2) is 42.6 Å². The molecule has 2 heterocycles. The Kier molecular flexibility index (Phi) is 7.27. The number of sulfonamides is 1. The molecule has 1 aromatic carbocycles. The fraction of sp³-hybridized carbons (Fsp3) is 0.455. The van der Waals surface area contributed by atoms with Gasteiger partial charge in [0.2, 0.25) is 10.0 Å². The molecule has 1 saturated heterocycles. The summed E-state index contributed by atoms with van der Waals surface area (Å²) in [6.45, 7) is 2.74. The maximum absolute atomic E-state index is 14.3. The van der Waals surface area contributed by atoms with Crippen molar-refractivity contribution >= 4 is 15.9 Å². The standard InChI is InChI=1S/C22H28FN3O4S/c1-3-15-31(28,29)26-13-10-22(11-14-26,19-9-4-5-12-24-19)16-25-21(27)20-17(23)7-6-8-18(20)30-2/h4-9,12H,3,10-11,13-16H2,1-2H3,(H,25,27). The quantitative estimate of drug-likeness (QED) is 0.670. The highest BCUT2D eigenvalue weighted by Crippen LogP contribution is 2.35. The van der Waals surface area contributed by atoms with Crippen molar-refractivity contribution in [1.82, 2.24) is 14.6 Å². The molecule has 1 N–H and O–H groups in total. The average Bonchev–Trinajstić information content (AvgIpc) is 2.78. The monoisotopic (exact) mass is 449 g/mol. The summed E-state index contributed by atoms with van der Waals surface area (Å²) in [5.74, 6) is -0.965. The number of nitrogens with one attached hydrogen (secondary N) is 1. The van der Waals surface area contributed by atoms with Gasteiger partial charge in [0, 0.05) is 36.9 Å². The number of halogens is 1. The number of nitrogens with zero attached hydrogens (tertiary/aromatic N) is 2.